The minimum atomic E-state index is 0.204. The van der Waals surface area contributed by atoms with E-state index in [1.54, 1.807) is 6.26 Å². The van der Waals surface area contributed by atoms with Gasteiger partial charge < -0.3 is 10.2 Å². The molecule has 1 heterocycles. The maximum Gasteiger partial charge on any atom is 0.143 e. The molecule has 0 bridgehead atoms. The van der Waals surface area contributed by atoms with Crippen molar-refractivity contribution in [1.82, 2.24) is 0 Å². The minimum Gasteiger partial charge on any atom is -0.469 e. The van der Waals surface area contributed by atoms with E-state index in [1.807, 2.05) is 12.1 Å². The van der Waals surface area contributed by atoms with Gasteiger partial charge in [0.05, 0.1) is 12.7 Å². The van der Waals surface area contributed by atoms with Gasteiger partial charge in [0, 0.05) is 12.0 Å². The highest BCUT2D eigenvalue weighted by atomic mass is 16.3. The van der Waals surface area contributed by atoms with Crippen molar-refractivity contribution in [1.29, 1.82) is 0 Å². The van der Waals surface area contributed by atoms with E-state index in [4.69, 9.17) is 10.2 Å². The van der Waals surface area contributed by atoms with Crippen molar-refractivity contribution < 1.29 is 9.21 Å². The van der Waals surface area contributed by atoms with E-state index in [2.05, 4.69) is 0 Å². The number of Topliss-reactive ketones (excluding diaryl/α,β-unsaturated/α-hetero) is 1. The van der Waals surface area contributed by atoms with Gasteiger partial charge in [-0.05, 0) is 37.8 Å². The van der Waals surface area contributed by atoms with Crippen LogP contribution in [0.5, 0.6) is 0 Å². The van der Waals surface area contributed by atoms with Gasteiger partial charge in [-0.25, -0.2) is 0 Å². The van der Waals surface area contributed by atoms with Gasteiger partial charge in [-0.1, -0.05) is 0 Å². The molecule has 15 heavy (non-hydrogen) atoms. The Morgan fingerprint density at radius 1 is 1.40 bits per heavy atom. The molecular formula is C12H17NO2. The quantitative estimate of drug-likeness (QED) is 0.823. The van der Waals surface area contributed by atoms with E-state index in [-0.39, 0.29) is 5.92 Å². The van der Waals surface area contributed by atoms with Crippen molar-refractivity contribution in [3.8, 4) is 0 Å². The van der Waals surface area contributed by atoms with E-state index >= 15 is 0 Å². The molecule has 0 aliphatic heterocycles. The van der Waals surface area contributed by atoms with Gasteiger partial charge in [0.2, 0.25) is 0 Å². The molecule has 1 aliphatic rings. The fourth-order valence-corrected chi connectivity index (χ4v) is 2.17. The summed E-state index contributed by atoms with van der Waals surface area (Å²) in [5.74, 6) is 1.28. The van der Waals surface area contributed by atoms with E-state index in [0.717, 1.165) is 31.4 Å². The second-order valence-corrected chi connectivity index (χ2v) is 4.33. The first-order chi connectivity index (χ1) is 7.25. The van der Waals surface area contributed by atoms with Crippen LogP contribution in [0.2, 0.25) is 0 Å². The monoisotopic (exact) mass is 207 g/mol. The normalized spacial score (nSPS) is 26.5. The van der Waals surface area contributed by atoms with Crippen molar-refractivity contribution in [3.63, 3.8) is 0 Å². The molecule has 0 aromatic carbocycles. The zero-order valence-electron chi connectivity index (χ0n) is 8.82. The summed E-state index contributed by atoms with van der Waals surface area (Å²) in [7, 11) is 0. The summed E-state index contributed by atoms with van der Waals surface area (Å²) >= 11 is 0. The van der Waals surface area contributed by atoms with Crippen molar-refractivity contribution in [2.45, 2.75) is 38.1 Å². The molecule has 3 heteroatoms. The molecule has 0 radical (unpaired) electrons. The van der Waals surface area contributed by atoms with Gasteiger partial charge in [0.15, 0.2) is 0 Å². The van der Waals surface area contributed by atoms with Crippen LogP contribution in [0.1, 0.15) is 31.4 Å². The van der Waals surface area contributed by atoms with Gasteiger partial charge in [-0.15, -0.1) is 0 Å². The molecule has 0 spiro atoms. The number of carbonyl (C=O) groups is 1. The van der Waals surface area contributed by atoms with Gasteiger partial charge in [0.1, 0.15) is 11.5 Å². The summed E-state index contributed by atoms with van der Waals surface area (Å²) in [6.45, 7) is 0. The summed E-state index contributed by atoms with van der Waals surface area (Å²) in [5, 5.41) is 0. The van der Waals surface area contributed by atoms with Crippen molar-refractivity contribution in [3.05, 3.63) is 24.2 Å². The van der Waals surface area contributed by atoms with Crippen LogP contribution in [0.3, 0.4) is 0 Å². The number of hydrogen-bond acceptors (Lipinski definition) is 3. The predicted octanol–water partition coefficient (Wildman–Crippen LogP) is 1.91. The van der Waals surface area contributed by atoms with Gasteiger partial charge in [-0.2, -0.15) is 0 Å². The zero-order chi connectivity index (χ0) is 10.7. The molecule has 0 unspecified atom stereocenters. The Morgan fingerprint density at radius 2 is 2.13 bits per heavy atom. The number of carbonyl (C=O) groups excluding carboxylic acids is 1. The summed E-state index contributed by atoms with van der Waals surface area (Å²) in [4.78, 5) is 11.9. The number of nitrogens with two attached hydrogens (primary N) is 1. The SMILES string of the molecule is NC1CCC(C(=O)Cc2ccco2)CC1. The van der Waals surface area contributed by atoms with Crippen LogP contribution in [-0.2, 0) is 11.2 Å². The number of rotatable bonds is 3. The molecule has 1 fully saturated rings. The number of ketones is 1. The molecule has 0 saturated heterocycles. The van der Waals surface area contributed by atoms with Crippen LogP contribution in [0.4, 0.5) is 0 Å². The maximum absolute atomic E-state index is 11.9. The molecule has 1 aromatic heterocycles. The summed E-state index contributed by atoms with van der Waals surface area (Å²) < 4.78 is 5.17. The molecular weight excluding hydrogens is 190 g/mol. The highest BCUT2D eigenvalue weighted by molar-refractivity contribution is 5.82. The largest absolute Gasteiger partial charge is 0.469 e. The van der Waals surface area contributed by atoms with Crippen LogP contribution < -0.4 is 5.73 Å². The van der Waals surface area contributed by atoms with Crippen LogP contribution >= 0.6 is 0 Å². The average molecular weight is 207 g/mol. The Morgan fingerprint density at radius 3 is 2.73 bits per heavy atom. The molecule has 0 atom stereocenters. The molecule has 82 valence electrons. The van der Waals surface area contributed by atoms with Crippen LogP contribution in [0.25, 0.3) is 0 Å². The van der Waals surface area contributed by atoms with Crippen LogP contribution in [-0.4, -0.2) is 11.8 Å². The summed E-state index contributed by atoms with van der Waals surface area (Å²) in [6, 6.07) is 3.98. The lowest BCUT2D eigenvalue weighted by atomic mass is 9.83. The van der Waals surface area contributed by atoms with Crippen LogP contribution in [0, 0.1) is 5.92 Å². The first-order valence-corrected chi connectivity index (χ1v) is 5.56. The zero-order valence-corrected chi connectivity index (χ0v) is 8.82. The van der Waals surface area contributed by atoms with Gasteiger partial charge in [0.25, 0.3) is 0 Å². The second kappa shape index (κ2) is 4.62. The molecule has 0 amide bonds. The highest BCUT2D eigenvalue weighted by Crippen LogP contribution is 2.25. The Labute approximate surface area is 89.6 Å². The third-order valence-electron chi connectivity index (χ3n) is 3.16. The number of hydrogen-bond donors (Lipinski definition) is 1. The predicted molar refractivity (Wildman–Crippen MR) is 57.4 cm³/mol. The van der Waals surface area contributed by atoms with E-state index in [1.165, 1.54) is 0 Å². The lowest BCUT2D eigenvalue weighted by Crippen LogP contribution is -2.30. The molecule has 2 N–H and O–H groups in total. The van der Waals surface area contributed by atoms with Gasteiger partial charge >= 0.3 is 0 Å². The molecule has 3 nitrogen and oxygen atoms in total. The Hall–Kier alpha value is -1.09. The fraction of sp³-hybridized carbons (Fsp3) is 0.583. The molecule has 1 saturated carbocycles. The fourth-order valence-electron chi connectivity index (χ4n) is 2.17. The van der Waals surface area contributed by atoms with E-state index in [9.17, 15) is 4.79 Å². The smallest absolute Gasteiger partial charge is 0.143 e. The van der Waals surface area contributed by atoms with Crippen molar-refractivity contribution in [2.24, 2.45) is 11.7 Å². The first-order valence-electron chi connectivity index (χ1n) is 5.56. The highest BCUT2D eigenvalue weighted by Gasteiger charge is 2.24. The first kappa shape index (κ1) is 10.4. The lowest BCUT2D eigenvalue weighted by Gasteiger charge is -2.24. The Bertz CT molecular complexity index is 310. The topological polar surface area (TPSA) is 56.2 Å². The molecule has 2 rings (SSSR count). The third-order valence-corrected chi connectivity index (χ3v) is 3.16. The van der Waals surface area contributed by atoms with Crippen molar-refractivity contribution in [2.75, 3.05) is 0 Å². The summed E-state index contributed by atoms with van der Waals surface area (Å²) in [6.07, 6.45) is 5.90. The minimum absolute atomic E-state index is 0.204. The molecule has 1 aromatic rings. The standard InChI is InChI=1S/C12H17NO2/c13-10-5-3-9(4-6-10)12(14)8-11-2-1-7-15-11/h1-2,7,9-10H,3-6,8,13H2. The lowest BCUT2D eigenvalue weighted by molar-refractivity contribution is -0.123. The Balaban J connectivity index is 1.86. The molecule has 1 aliphatic carbocycles. The Kier molecular flexibility index (Phi) is 3.21. The van der Waals surface area contributed by atoms with Gasteiger partial charge in [-0.3, -0.25) is 4.79 Å². The van der Waals surface area contributed by atoms with E-state index in [0.29, 0.717) is 18.2 Å². The third kappa shape index (κ3) is 2.69. The van der Waals surface area contributed by atoms with E-state index < -0.39 is 0 Å². The average Bonchev–Trinajstić information content (AvgIpc) is 2.71. The second-order valence-electron chi connectivity index (χ2n) is 4.33. The number of furan rings is 1. The maximum atomic E-state index is 11.9. The van der Waals surface area contributed by atoms with Crippen molar-refractivity contribution >= 4 is 5.78 Å². The summed E-state index contributed by atoms with van der Waals surface area (Å²) in [5.41, 5.74) is 5.80. The van der Waals surface area contributed by atoms with Crippen LogP contribution in [0.15, 0.2) is 22.8 Å².